The molecule has 1 heterocycles. The highest BCUT2D eigenvalue weighted by Gasteiger charge is 2.29. The summed E-state index contributed by atoms with van der Waals surface area (Å²) in [6.07, 6.45) is 3.69. The van der Waals surface area contributed by atoms with Gasteiger partial charge in [0.05, 0.1) is 37.0 Å². The summed E-state index contributed by atoms with van der Waals surface area (Å²) >= 11 is 0. The molecule has 0 bridgehead atoms. The molecule has 1 aromatic heterocycles. The van der Waals surface area contributed by atoms with Gasteiger partial charge in [-0.05, 0) is 74.2 Å². The summed E-state index contributed by atoms with van der Waals surface area (Å²) in [5.74, 6) is -0.495. The van der Waals surface area contributed by atoms with Gasteiger partial charge in [0.2, 0.25) is 0 Å². The molecule has 0 saturated carbocycles. The SMILES string of the molecule is CC(C)(C)CC(C)(C)N=S(=NS(=O)(=O)c1ccc([N+](=O)[O-])cc1)(Nc1cccnc1)c1ccc(F)cc1. The topological polar surface area (TPSA) is 127 Å². The summed E-state index contributed by atoms with van der Waals surface area (Å²) < 4.78 is 53.8. The molecule has 9 nitrogen and oxygen atoms in total. The minimum atomic E-state index is -4.39. The summed E-state index contributed by atoms with van der Waals surface area (Å²) in [5.41, 5.74) is -0.682. The molecule has 12 heteroatoms. The second-order valence-electron chi connectivity index (χ2n) is 10.3. The van der Waals surface area contributed by atoms with Crippen LogP contribution in [-0.4, -0.2) is 23.9 Å². The molecular weight excluding hydrogens is 517 g/mol. The molecule has 0 fully saturated rings. The Labute approximate surface area is 217 Å². The Balaban J connectivity index is 2.39. The van der Waals surface area contributed by atoms with Crippen molar-refractivity contribution < 1.29 is 17.7 Å². The molecule has 3 rings (SSSR count). The number of benzene rings is 2. The van der Waals surface area contributed by atoms with Crippen LogP contribution in [0.2, 0.25) is 0 Å². The van der Waals surface area contributed by atoms with E-state index in [1.54, 1.807) is 18.3 Å². The average Bonchev–Trinajstić information content (AvgIpc) is 2.78. The first-order valence-corrected chi connectivity index (χ1v) is 14.3. The molecule has 0 aliphatic heterocycles. The van der Waals surface area contributed by atoms with Gasteiger partial charge in [0, 0.05) is 23.2 Å². The lowest BCUT2D eigenvalue weighted by Gasteiger charge is -2.32. The van der Waals surface area contributed by atoms with Gasteiger partial charge in [-0.1, -0.05) is 20.8 Å². The smallest absolute Gasteiger partial charge is 0.290 e. The fourth-order valence-corrected chi connectivity index (χ4v) is 8.64. The zero-order valence-electron chi connectivity index (χ0n) is 21.3. The third kappa shape index (κ3) is 7.56. The van der Waals surface area contributed by atoms with Crippen LogP contribution in [-0.2, 0) is 19.8 Å². The maximum atomic E-state index is 13.9. The standard InChI is InChI=1S/C25H30FN5O4S2/c1-24(2,3)18-25(4,5)29-36(22-12-8-19(26)9-13-22,28-20-7-6-16-27-17-20)30-37(34,35)23-14-10-21(11-15-23)31(32)33/h6-17H,18H2,1-5H3,(H,28,29,30). The van der Waals surface area contributed by atoms with E-state index >= 15 is 0 Å². The fourth-order valence-electron chi connectivity index (χ4n) is 4.04. The third-order valence-electron chi connectivity index (χ3n) is 4.96. The number of nitro groups is 1. The van der Waals surface area contributed by atoms with Crippen molar-refractivity contribution in [2.24, 2.45) is 13.5 Å². The molecule has 0 radical (unpaired) electrons. The van der Waals surface area contributed by atoms with Gasteiger partial charge in [0.25, 0.3) is 15.7 Å². The number of hydrogen-bond donors (Lipinski definition) is 1. The van der Waals surface area contributed by atoms with Crippen molar-refractivity contribution in [3.8, 4) is 0 Å². The van der Waals surface area contributed by atoms with Crippen molar-refractivity contribution in [1.29, 1.82) is 0 Å². The van der Waals surface area contributed by atoms with Gasteiger partial charge in [-0.15, -0.1) is 3.77 Å². The first kappa shape index (κ1) is 28.2. The Morgan fingerprint density at radius 1 is 0.973 bits per heavy atom. The summed E-state index contributed by atoms with van der Waals surface area (Å²) in [5, 5.41) is 11.1. The Hall–Kier alpha value is -3.38. The summed E-state index contributed by atoms with van der Waals surface area (Å²) in [6, 6.07) is 13.2. The largest absolute Gasteiger partial charge is 0.308 e. The molecule has 37 heavy (non-hydrogen) atoms. The number of hydrogen-bond acceptors (Lipinski definition) is 6. The van der Waals surface area contributed by atoms with E-state index in [4.69, 9.17) is 4.36 Å². The summed E-state index contributed by atoms with van der Waals surface area (Å²) in [7, 11) is -7.52. The molecular formula is C25H30FN5O4S2. The Bertz CT molecular complexity index is 1490. The number of nitrogens with one attached hydrogen (secondary N) is 1. The molecule has 198 valence electrons. The van der Waals surface area contributed by atoms with E-state index in [0.717, 1.165) is 24.3 Å². The van der Waals surface area contributed by atoms with Crippen LogP contribution in [0.3, 0.4) is 0 Å². The first-order valence-electron chi connectivity index (χ1n) is 11.4. The van der Waals surface area contributed by atoms with Crippen LogP contribution in [0.5, 0.6) is 0 Å². The molecule has 1 N–H and O–H groups in total. The minimum Gasteiger partial charge on any atom is -0.308 e. The number of non-ortho nitro benzene ring substituents is 1. The number of rotatable bonds is 8. The van der Waals surface area contributed by atoms with E-state index < -0.39 is 36.1 Å². The lowest BCUT2D eigenvalue weighted by molar-refractivity contribution is -0.384. The zero-order valence-corrected chi connectivity index (χ0v) is 22.9. The van der Waals surface area contributed by atoms with Crippen LogP contribution in [0.25, 0.3) is 0 Å². The normalized spacial score (nSPS) is 13.9. The number of pyridine rings is 1. The zero-order chi connectivity index (χ0) is 27.5. The van der Waals surface area contributed by atoms with Crippen LogP contribution in [0, 0.1) is 21.3 Å². The van der Waals surface area contributed by atoms with E-state index in [1.165, 1.54) is 30.5 Å². The van der Waals surface area contributed by atoms with E-state index in [0.29, 0.717) is 17.0 Å². The van der Waals surface area contributed by atoms with E-state index in [-0.39, 0.29) is 16.0 Å². The molecule has 2 aromatic carbocycles. The molecule has 1 atom stereocenters. The van der Waals surface area contributed by atoms with Crippen molar-refractivity contribution in [3.63, 3.8) is 0 Å². The van der Waals surface area contributed by atoms with Gasteiger partial charge in [0.1, 0.15) is 5.82 Å². The fraction of sp³-hybridized carbons (Fsp3) is 0.320. The third-order valence-corrected chi connectivity index (χ3v) is 9.68. The van der Waals surface area contributed by atoms with Crippen molar-refractivity contribution >= 4 is 31.2 Å². The average molecular weight is 548 g/mol. The molecule has 0 amide bonds. The lowest BCUT2D eigenvalue weighted by Crippen LogP contribution is -2.28. The van der Waals surface area contributed by atoms with Gasteiger partial charge in [-0.3, -0.25) is 15.1 Å². The quantitative estimate of drug-likeness (QED) is 0.249. The molecule has 3 aromatic rings. The van der Waals surface area contributed by atoms with Gasteiger partial charge in [0.15, 0.2) is 0 Å². The van der Waals surface area contributed by atoms with Crippen molar-refractivity contribution in [1.82, 2.24) is 4.98 Å². The van der Waals surface area contributed by atoms with Crippen LogP contribution in [0.15, 0.2) is 91.0 Å². The Morgan fingerprint density at radius 3 is 2.08 bits per heavy atom. The first-order chi connectivity index (χ1) is 17.1. The van der Waals surface area contributed by atoms with Crippen LogP contribution >= 0.6 is 0 Å². The van der Waals surface area contributed by atoms with Crippen LogP contribution in [0.1, 0.15) is 41.0 Å². The second-order valence-corrected chi connectivity index (χ2v) is 14.3. The summed E-state index contributed by atoms with van der Waals surface area (Å²) in [4.78, 5) is 14.7. The maximum Gasteiger partial charge on any atom is 0.290 e. The van der Waals surface area contributed by atoms with E-state index in [2.05, 4.69) is 34.2 Å². The number of nitrogens with zero attached hydrogens (tertiary/aromatic N) is 4. The number of sulfonamides is 1. The summed E-state index contributed by atoms with van der Waals surface area (Å²) in [6.45, 7) is 9.94. The predicted octanol–water partition coefficient (Wildman–Crippen LogP) is 6.64. The van der Waals surface area contributed by atoms with Crippen LogP contribution < -0.4 is 4.72 Å². The van der Waals surface area contributed by atoms with Crippen LogP contribution in [0.4, 0.5) is 15.8 Å². The number of halogens is 1. The van der Waals surface area contributed by atoms with Crippen molar-refractivity contribution in [2.45, 2.75) is 56.4 Å². The monoisotopic (exact) mass is 547 g/mol. The molecule has 0 aliphatic carbocycles. The molecule has 1 unspecified atom stereocenters. The highest BCUT2D eigenvalue weighted by atomic mass is 32.3. The highest BCUT2D eigenvalue weighted by Crippen LogP contribution is 2.34. The molecule has 0 spiro atoms. The van der Waals surface area contributed by atoms with Crippen molar-refractivity contribution in [3.05, 3.63) is 89.0 Å². The van der Waals surface area contributed by atoms with E-state index in [1.807, 2.05) is 13.8 Å². The minimum absolute atomic E-state index is 0.146. The Kier molecular flexibility index (Phi) is 8.03. The lowest BCUT2D eigenvalue weighted by atomic mass is 9.82. The Morgan fingerprint density at radius 2 is 1.57 bits per heavy atom. The van der Waals surface area contributed by atoms with Crippen molar-refractivity contribution in [2.75, 3.05) is 4.72 Å². The molecule has 0 saturated heterocycles. The predicted molar refractivity (Wildman–Crippen MR) is 143 cm³/mol. The number of aromatic nitrogens is 1. The van der Waals surface area contributed by atoms with Gasteiger partial charge >= 0.3 is 0 Å². The maximum absolute atomic E-state index is 13.9. The van der Waals surface area contributed by atoms with Gasteiger partial charge < -0.3 is 4.72 Å². The molecule has 0 aliphatic rings. The van der Waals surface area contributed by atoms with E-state index in [9.17, 15) is 22.9 Å². The highest BCUT2D eigenvalue weighted by molar-refractivity contribution is 8.05. The van der Waals surface area contributed by atoms with Gasteiger partial charge in [-0.25, -0.2) is 8.75 Å². The number of anilines is 1. The number of nitro benzene ring substituents is 1. The van der Waals surface area contributed by atoms with Gasteiger partial charge in [-0.2, -0.15) is 8.42 Å². The second kappa shape index (κ2) is 10.5.